The normalized spacial score (nSPS) is 13.6. The molecular weight excluding hydrogens is 323 g/mol. The predicted molar refractivity (Wildman–Crippen MR) is 91.6 cm³/mol. The molecule has 3 aromatic rings. The number of aryl methyl sites for hydroxylation is 2. The van der Waals surface area contributed by atoms with Crippen LogP contribution >= 0.6 is 0 Å². The summed E-state index contributed by atoms with van der Waals surface area (Å²) in [7, 11) is 1.75. The summed E-state index contributed by atoms with van der Waals surface area (Å²) >= 11 is 0. The molecule has 130 valence electrons. The van der Waals surface area contributed by atoms with Crippen LogP contribution in [-0.2, 0) is 12.6 Å². The molecule has 25 heavy (non-hydrogen) atoms. The second kappa shape index (κ2) is 6.25. The van der Waals surface area contributed by atoms with Crippen LogP contribution in [0.15, 0.2) is 36.7 Å². The summed E-state index contributed by atoms with van der Waals surface area (Å²) in [6, 6.07) is 5.77. The van der Waals surface area contributed by atoms with Gasteiger partial charge in [-0.3, -0.25) is 14.5 Å². The molecule has 0 saturated carbocycles. The minimum atomic E-state index is -1.26. The van der Waals surface area contributed by atoms with E-state index in [0.29, 0.717) is 27.7 Å². The van der Waals surface area contributed by atoms with Crippen LogP contribution in [-0.4, -0.2) is 32.3 Å². The van der Waals surface area contributed by atoms with Gasteiger partial charge in [0.05, 0.1) is 23.8 Å². The fourth-order valence-corrected chi connectivity index (χ4v) is 2.67. The highest BCUT2D eigenvalue weighted by Crippen LogP contribution is 2.21. The third-order valence-electron chi connectivity index (χ3n) is 4.06. The molecule has 6 nitrogen and oxygen atoms in total. The van der Waals surface area contributed by atoms with Gasteiger partial charge >= 0.3 is 0 Å². The maximum atomic E-state index is 13.4. The SMILES string of the molecule is Cc1cc(C(=O)NCC(C)(O)c2cnn(C)c2)c2ccc(F)cc2n1. The van der Waals surface area contributed by atoms with Gasteiger partial charge in [-0.15, -0.1) is 0 Å². The summed E-state index contributed by atoms with van der Waals surface area (Å²) < 4.78 is 15.0. The number of benzene rings is 1. The average molecular weight is 342 g/mol. The molecule has 0 spiro atoms. The van der Waals surface area contributed by atoms with E-state index in [9.17, 15) is 14.3 Å². The number of nitrogens with zero attached hydrogens (tertiary/aromatic N) is 3. The number of fused-ring (bicyclic) bond motifs is 1. The van der Waals surface area contributed by atoms with Crippen molar-refractivity contribution in [3.8, 4) is 0 Å². The molecule has 1 amide bonds. The van der Waals surface area contributed by atoms with Gasteiger partial charge in [-0.1, -0.05) is 0 Å². The minimum Gasteiger partial charge on any atom is -0.383 e. The molecule has 0 aliphatic carbocycles. The van der Waals surface area contributed by atoms with Crippen LogP contribution in [0.25, 0.3) is 10.9 Å². The van der Waals surface area contributed by atoms with Crippen LogP contribution in [0.1, 0.15) is 28.5 Å². The van der Waals surface area contributed by atoms with Crippen LogP contribution in [0.4, 0.5) is 4.39 Å². The van der Waals surface area contributed by atoms with E-state index in [2.05, 4.69) is 15.4 Å². The van der Waals surface area contributed by atoms with E-state index in [0.717, 1.165) is 0 Å². The lowest BCUT2D eigenvalue weighted by atomic mass is 9.99. The zero-order chi connectivity index (χ0) is 18.2. The summed E-state index contributed by atoms with van der Waals surface area (Å²) in [5, 5.41) is 17.9. The molecule has 1 aromatic carbocycles. The molecule has 2 aromatic heterocycles. The Balaban J connectivity index is 1.85. The Hall–Kier alpha value is -2.80. The first kappa shape index (κ1) is 17.0. The second-order valence-corrected chi connectivity index (χ2v) is 6.33. The molecule has 2 N–H and O–H groups in total. The first-order valence-corrected chi connectivity index (χ1v) is 7.83. The average Bonchev–Trinajstić information content (AvgIpc) is 2.99. The van der Waals surface area contributed by atoms with Gasteiger partial charge in [0, 0.05) is 36.0 Å². The zero-order valence-corrected chi connectivity index (χ0v) is 14.2. The van der Waals surface area contributed by atoms with Crippen molar-refractivity contribution in [2.45, 2.75) is 19.4 Å². The Morgan fingerprint density at radius 3 is 2.84 bits per heavy atom. The molecule has 0 aliphatic heterocycles. The van der Waals surface area contributed by atoms with E-state index in [1.54, 1.807) is 44.0 Å². The first-order valence-electron chi connectivity index (χ1n) is 7.83. The summed E-state index contributed by atoms with van der Waals surface area (Å²) in [6.07, 6.45) is 3.25. The lowest BCUT2D eigenvalue weighted by Crippen LogP contribution is -2.38. The summed E-state index contributed by atoms with van der Waals surface area (Å²) in [4.78, 5) is 16.9. The molecular formula is C18H19FN4O2. The lowest BCUT2D eigenvalue weighted by molar-refractivity contribution is 0.0526. The minimum absolute atomic E-state index is 0.0155. The Morgan fingerprint density at radius 2 is 2.16 bits per heavy atom. The van der Waals surface area contributed by atoms with Gasteiger partial charge in [-0.2, -0.15) is 5.10 Å². The quantitative estimate of drug-likeness (QED) is 0.760. The van der Waals surface area contributed by atoms with E-state index in [-0.39, 0.29) is 12.5 Å². The fraction of sp³-hybridized carbons (Fsp3) is 0.278. The smallest absolute Gasteiger partial charge is 0.252 e. The summed E-state index contributed by atoms with van der Waals surface area (Å²) in [6.45, 7) is 3.37. The Kier molecular flexibility index (Phi) is 4.26. The number of aliphatic hydroxyl groups is 1. The lowest BCUT2D eigenvalue weighted by Gasteiger charge is -2.22. The topological polar surface area (TPSA) is 80.0 Å². The van der Waals surface area contributed by atoms with Crippen molar-refractivity contribution in [1.29, 1.82) is 0 Å². The number of pyridine rings is 1. The Morgan fingerprint density at radius 1 is 1.40 bits per heavy atom. The van der Waals surface area contributed by atoms with Gasteiger partial charge in [0.1, 0.15) is 11.4 Å². The standard InChI is InChI=1S/C18H19FN4O2/c1-11-6-15(14-5-4-13(19)7-16(14)22-11)17(24)20-10-18(2,25)12-8-21-23(3)9-12/h4-9,25H,10H2,1-3H3,(H,20,24). The predicted octanol–water partition coefficient (Wildman–Crippen LogP) is 2.05. The van der Waals surface area contributed by atoms with E-state index < -0.39 is 11.4 Å². The molecule has 1 atom stereocenters. The molecule has 3 rings (SSSR count). The van der Waals surface area contributed by atoms with Crippen LogP contribution < -0.4 is 5.32 Å². The number of halogens is 1. The van der Waals surface area contributed by atoms with Crippen LogP contribution in [0.3, 0.4) is 0 Å². The van der Waals surface area contributed by atoms with Crippen molar-refractivity contribution < 1.29 is 14.3 Å². The summed E-state index contributed by atoms with van der Waals surface area (Å²) in [5.41, 5.74) is 0.775. The molecule has 0 radical (unpaired) electrons. The molecule has 2 heterocycles. The van der Waals surface area contributed by atoms with Crippen LogP contribution in [0.2, 0.25) is 0 Å². The Bertz CT molecular complexity index is 944. The number of hydrogen-bond acceptors (Lipinski definition) is 4. The van der Waals surface area contributed by atoms with Crippen molar-refractivity contribution in [2.24, 2.45) is 7.05 Å². The third-order valence-corrected chi connectivity index (χ3v) is 4.06. The molecule has 0 saturated heterocycles. The number of carbonyl (C=O) groups is 1. The summed E-state index contributed by atoms with van der Waals surface area (Å²) in [5.74, 6) is -0.761. The van der Waals surface area contributed by atoms with Crippen molar-refractivity contribution >= 4 is 16.8 Å². The Labute approximate surface area is 144 Å². The van der Waals surface area contributed by atoms with Crippen molar-refractivity contribution in [3.63, 3.8) is 0 Å². The number of aromatic nitrogens is 3. The van der Waals surface area contributed by atoms with E-state index in [4.69, 9.17) is 0 Å². The van der Waals surface area contributed by atoms with Crippen LogP contribution in [0.5, 0.6) is 0 Å². The highest BCUT2D eigenvalue weighted by atomic mass is 19.1. The molecule has 0 fully saturated rings. The monoisotopic (exact) mass is 342 g/mol. The second-order valence-electron chi connectivity index (χ2n) is 6.33. The van der Waals surface area contributed by atoms with Gasteiger partial charge in [0.2, 0.25) is 0 Å². The van der Waals surface area contributed by atoms with Crippen molar-refractivity contribution in [2.75, 3.05) is 6.54 Å². The molecule has 1 unspecified atom stereocenters. The molecule has 0 bridgehead atoms. The number of carbonyl (C=O) groups excluding carboxylic acids is 1. The largest absolute Gasteiger partial charge is 0.383 e. The van der Waals surface area contributed by atoms with E-state index in [1.165, 1.54) is 18.2 Å². The van der Waals surface area contributed by atoms with Crippen molar-refractivity contribution in [1.82, 2.24) is 20.1 Å². The maximum absolute atomic E-state index is 13.4. The van der Waals surface area contributed by atoms with E-state index >= 15 is 0 Å². The van der Waals surface area contributed by atoms with Gasteiger partial charge in [0.25, 0.3) is 5.91 Å². The number of amides is 1. The highest BCUT2D eigenvalue weighted by Gasteiger charge is 2.26. The number of rotatable bonds is 4. The van der Waals surface area contributed by atoms with Crippen LogP contribution in [0, 0.1) is 12.7 Å². The molecule has 0 aliphatic rings. The van der Waals surface area contributed by atoms with Gasteiger partial charge < -0.3 is 10.4 Å². The number of hydrogen-bond donors (Lipinski definition) is 2. The maximum Gasteiger partial charge on any atom is 0.252 e. The fourth-order valence-electron chi connectivity index (χ4n) is 2.67. The van der Waals surface area contributed by atoms with Gasteiger partial charge in [-0.05, 0) is 32.0 Å². The van der Waals surface area contributed by atoms with Gasteiger partial charge in [-0.25, -0.2) is 4.39 Å². The highest BCUT2D eigenvalue weighted by molar-refractivity contribution is 6.06. The first-order chi connectivity index (χ1) is 11.8. The van der Waals surface area contributed by atoms with Gasteiger partial charge in [0.15, 0.2) is 0 Å². The number of nitrogens with one attached hydrogen (secondary N) is 1. The van der Waals surface area contributed by atoms with Crippen molar-refractivity contribution in [3.05, 3.63) is 59.3 Å². The zero-order valence-electron chi connectivity index (χ0n) is 14.2. The molecule has 7 heteroatoms. The third kappa shape index (κ3) is 3.51. The van der Waals surface area contributed by atoms with E-state index in [1.807, 2.05) is 0 Å².